The second-order valence-electron chi connectivity index (χ2n) is 5.20. The molecule has 1 fully saturated rings. The van der Waals surface area contributed by atoms with Crippen LogP contribution in [0.15, 0.2) is 18.2 Å². The van der Waals surface area contributed by atoms with Gasteiger partial charge < -0.3 is 5.32 Å². The van der Waals surface area contributed by atoms with E-state index in [1.165, 1.54) is 0 Å². The van der Waals surface area contributed by atoms with E-state index in [0.717, 1.165) is 18.4 Å². The Hall–Kier alpha value is -0.730. The molecule has 0 spiro atoms. The van der Waals surface area contributed by atoms with Gasteiger partial charge in [-0.05, 0) is 30.5 Å². The minimum Gasteiger partial charge on any atom is -0.353 e. The van der Waals surface area contributed by atoms with Crippen LogP contribution in [-0.2, 0) is 11.2 Å². The Morgan fingerprint density at radius 3 is 2.65 bits per heavy atom. The maximum absolute atomic E-state index is 11.7. The molecule has 0 aromatic heterocycles. The first-order valence-electron chi connectivity index (χ1n) is 5.63. The number of hydrogen-bond acceptors (Lipinski definition) is 1. The summed E-state index contributed by atoms with van der Waals surface area (Å²) in [5.74, 6) is 0.118. The predicted octanol–water partition coefficient (Wildman–Crippen LogP) is 3.45. The summed E-state index contributed by atoms with van der Waals surface area (Å²) in [4.78, 5) is 11.7. The fourth-order valence-corrected chi connectivity index (χ4v) is 2.70. The van der Waals surface area contributed by atoms with E-state index in [2.05, 4.69) is 5.32 Å². The van der Waals surface area contributed by atoms with E-state index in [1.54, 1.807) is 6.07 Å². The van der Waals surface area contributed by atoms with E-state index in [9.17, 15) is 4.79 Å². The van der Waals surface area contributed by atoms with Crippen LogP contribution in [-0.4, -0.2) is 11.9 Å². The minimum absolute atomic E-state index is 0.118. The van der Waals surface area contributed by atoms with Crippen molar-refractivity contribution in [3.8, 4) is 0 Å². The molecule has 2 rings (SSSR count). The van der Waals surface area contributed by atoms with Gasteiger partial charge in [0.05, 0.1) is 0 Å². The summed E-state index contributed by atoms with van der Waals surface area (Å²) in [5, 5.41) is 4.30. The van der Waals surface area contributed by atoms with Gasteiger partial charge in [-0.3, -0.25) is 4.79 Å². The molecule has 1 saturated heterocycles. The van der Waals surface area contributed by atoms with Crippen molar-refractivity contribution >= 4 is 29.1 Å². The van der Waals surface area contributed by atoms with Gasteiger partial charge >= 0.3 is 0 Å². The summed E-state index contributed by atoms with van der Waals surface area (Å²) in [6, 6.07) is 5.64. The van der Waals surface area contributed by atoms with Crippen LogP contribution >= 0.6 is 23.2 Å². The molecule has 1 atom stereocenters. The van der Waals surface area contributed by atoms with Gasteiger partial charge in [-0.1, -0.05) is 43.1 Å². The molecule has 4 heteroatoms. The summed E-state index contributed by atoms with van der Waals surface area (Å²) in [6.07, 6.45) is 1.59. The Morgan fingerprint density at radius 2 is 2.12 bits per heavy atom. The number of halogens is 2. The maximum Gasteiger partial charge on any atom is 0.225 e. The topological polar surface area (TPSA) is 29.1 Å². The van der Waals surface area contributed by atoms with Gasteiger partial charge in [0.1, 0.15) is 0 Å². The van der Waals surface area contributed by atoms with Crippen molar-refractivity contribution in [3.63, 3.8) is 0 Å². The molecule has 92 valence electrons. The number of rotatable bonds is 2. The third-order valence-electron chi connectivity index (χ3n) is 3.19. The fraction of sp³-hybridized carbons (Fsp3) is 0.462. The molecule has 0 aliphatic carbocycles. The first kappa shape index (κ1) is 12.7. The largest absolute Gasteiger partial charge is 0.353 e. The van der Waals surface area contributed by atoms with Crippen LogP contribution in [0.3, 0.4) is 0 Å². The predicted molar refractivity (Wildman–Crippen MR) is 70.5 cm³/mol. The molecule has 0 saturated carbocycles. The monoisotopic (exact) mass is 271 g/mol. The Labute approximate surface area is 111 Å². The molecular formula is C13H15Cl2NO. The quantitative estimate of drug-likeness (QED) is 0.877. The molecular weight excluding hydrogens is 257 g/mol. The van der Waals surface area contributed by atoms with Crippen molar-refractivity contribution in [1.29, 1.82) is 0 Å². The van der Waals surface area contributed by atoms with Crippen molar-refractivity contribution < 1.29 is 4.79 Å². The van der Waals surface area contributed by atoms with Crippen LogP contribution in [0.5, 0.6) is 0 Å². The van der Waals surface area contributed by atoms with Gasteiger partial charge in [0, 0.05) is 21.5 Å². The zero-order valence-electron chi connectivity index (χ0n) is 9.89. The summed E-state index contributed by atoms with van der Waals surface area (Å²) in [6.45, 7) is 3.93. The highest BCUT2D eigenvalue weighted by Crippen LogP contribution is 2.31. The average molecular weight is 272 g/mol. The second-order valence-corrected chi connectivity index (χ2v) is 6.04. The average Bonchev–Trinajstić information content (AvgIpc) is 2.45. The van der Waals surface area contributed by atoms with Crippen LogP contribution in [0.4, 0.5) is 0 Å². The summed E-state index contributed by atoms with van der Waals surface area (Å²) in [7, 11) is 0. The molecule has 1 unspecified atom stereocenters. The second kappa shape index (κ2) is 4.51. The highest BCUT2D eigenvalue weighted by molar-refractivity contribution is 6.35. The highest BCUT2D eigenvalue weighted by atomic mass is 35.5. The zero-order valence-corrected chi connectivity index (χ0v) is 11.4. The van der Waals surface area contributed by atoms with Crippen molar-refractivity contribution in [2.45, 2.75) is 32.7 Å². The van der Waals surface area contributed by atoms with E-state index in [4.69, 9.17) is 23.2 Å². The smallest absolute Gasteiger partial charge is 0.225 e. The highest BCUT2D eigenvalue weighted by Gasteiger charge is 2.38. The van der Waals surface area contributed by atoms with Gasteiger partial charge in [-0.15, -0.1) is 0 Å². The molecule has 0 bridgehead atoms. The number of hydrogen-bond donors (Lipinski definition) is 1. The Kier molecular flexibility index (Phi) is 3.37. The first-order valence-corrected chi connectivity index (χ1v) is 6.39. The molecule has 1 N–H and O–H groups in total. The Bertz CT molecular complexity index is 457. The molecule has 1 aliphatic heterocycles. The summed E-state index contributed by atoms with van der Waals surface area (Å²) in [5.41, 5.74) is 0.753. The van der Waals surface area contributed by atoms with Crippen molar-refractivity contribution in [1.82, 2.24) is 5.32 Å². The molecule has 2 nitrogen and oxygen atoms in total. The van der Waals surface area contributed by atoms with E-state index in [-0.39, 0.29) is 17.4 Å². The van der Waals surface area contributed by atoms with Crippen molar-refractivity contribution in [2.24, 2.45) is 5.41 Å². The molecule has 1 amide bonds. The van der Waals surface area contributed by atoms with Crippen LogP contribution < -0.4 is 5.32 Å². The molecule has 1 aromatic rings. The van der Waals surface area contributed by atoms with E-state index < -0.39 is 0 Å². The van der Waals surface area contributed by atoms with Gasteiger partial charge in [0.15, 0.2) is 0 Å². The van der Waals surface area contributed by atoms with E-state index >= 15 is 0 Å². The third kappa shape index (κ3) is 2.75. The van der Waals surface area contributed by atoms with Gasteiger partial charge in [0.2, 0.25) is 5.91 Å². The van der Waals surface area contributed by atoms with Gasteiger partial charge in [-0.2, -0.15) is 0 Å². The normalized spacial score (nSPS) is 22.6. The molecule has 17 heavy (non-hydrogen) atoms. The summed E-state index contributed by atoms with van der Waals surface area (Å²) < 4.78 is 0. The van der Waals surface area contributed by atoms with Crippen LogP contribution in [0.25, 0.3) is 0 Å². The van der Waals surface area contributed by atoms with E-state index in [0.29, 0.717) is 10.0 Å². The number of nitrogens with one attached hydrogen (secondary N) is 1. The third-order valence-corrected chi connectivity index (χ3v) is 3.77. The lowest BCUT2D eigenvalue weighted by Crippen LogP contribution is -2.29. The molecule has 1 heterocycles. The SMILES string of the molecule is CC1(C)CC(Cc2ccc(Cl)cc2Cl)NC1=O. The minimum atomic E-state index is -0.274. The van der Waals surface area contributed by atoms with E-state index in [1.807, 2.05) is 26.0 Å². The number of carbonyl (C=O) groups excluding carboxylic acids is 1. The molecule has 1 aliphatic rings. The zero-order chi connectivity index (χ0) is 12.6. The lowest BCUT2D eigenvalue weighted by molar-refractivity contribution is -0.126. The van der Waals surface area contributed by atoms with Crippen LogP contribution in [0, 0.1) is 5.41 Å². The van der Waals surface area contributed by atoms with Crippen LogP contribution in [0.2, 0.25) is 10.0 Å². The lowest BCUT2D eigenvalue weighted by atomic mass is 9.88. The number of amides is 1. The number of carbonyl (C=O) groups is 1. The van der Waals surface area contributed by atoms with Gasteiger partial charge in [0.25, 0.3) is 0 Å². The van der Waals surface area contributed by atoms with Crippen molar-refractivity contribution in [2.75, 3.05) is 0 Å². The maximum atomic E-state index is 11.7. The number of benzene rings is 1. The molecule has 0 radical (unpaired) electrons. The van der Waals surface area contributed by atoms with Crippen molar-refractivity contribution in [3.05, 3.63) is 33.8 Å². The first-order chi connectivity index (χ1) is 7.88. The standard InChI is InChI=1S/C13H15Cl2NO/c1-13(2)7-10(16-12(13)17)5-8-3-4-9(14)6-11(8)15/h3-4,6,10H,5,7H2,1-2H3,(H,16,17). The van der Waals surface area contributed by atoms with Gasteiger partial charge in [-0.25, -0.2) is 0 Å². The molecule has 1 aromatic carbocycles. The lowest BCUT2D eigenvalue weighted by Gasteiger charge is -2.13. The fourth-order valence-electron chi connectivity index (χ4n) is 2.22. The van der Waals surface area contributed by atoms with Crippen LogP contribution in [0.1, 0.15) is 25.8 Å². The summed E-state index contributed by atoms with van der Waals surface area (Å²) >= 11 is 12.0. The Morgan fingerprint density at radius 1 is 1.41 bits per heavy atom. The Balaban J connectivity index is 2.10.